The second-order valence-electron chi connectivity index (χ2n) is 15.2. The lowest BCUT2D eigenvalue weighted by Gasteiger charge is -2.34. The summed E-state index contributed by atoms with van der Waals surface area (Å²) in [5.41, 5.74) is 2.64. The quantitative estimate of drug-likeness (QED) is 0.188. The first-order chi connectivity index (χ1) is 24.3. The minimum Gasteiger partial charge on any atom is -0.508 e. The molecule has 3 aromatic carbocycles. The van der Waals surface area contributed by atoms with Crippen LogP contribution in [0, 0.1) is 23.6 Å². The van der Waals surface area contributed by atoms with Crippen LogP contribution in [-0.2, 0) is 13.1 Å². The number of fused-ring (bicyclic) bond motifs is 5. The summed E-state index contributed by atoms with van der Waals surface area (Å²) < 4.78 is 26.2. The van der Waals surface area contributed by atoms with E-state index in [9.17, 15) is 5.11 Å². The van der Waals surface area contributed by atoms with Crippen LogP contribution in [0.25, 0.3) is 32.8 Å². The minimum atomic E-state index is -0.457. The van der Waals surface area contributed by atoms with Crippen LogP contribution < -0.4 is 15.0 Å². The SMILES string of the molecule is C#Cc1cccc2cc(O)cc(-c3c(C(C)C)cc4c(N5CC6CCC(C5)N6)nc(OCC5(CN6CCn7ccnc7C6)CC5)nc4c3F)c12. The van der Waals surface area contributed by atoms with Crippen LogP contribution in [-0.4, -0.2) is 74.4 Å². The number of nitrogens with zero attached hydrogens (tertiary/aromatic N) is 6. The zero-order chi connectivity index (χ0) is 34.1. The number of phenols is 1. The number of aromatic nitrogens is 4. The largest absolute Gasteiger partial charge is 0.508 e. The molecule has 256 valence electrons. The lowest BCUT2D eigenvalue weighted by Crippen LogP contribution is -2.51. The molecule has 9 nitrogen and oxygen atoms in total. The zero-order valence-electron chi connectivity index (χ0n) is 28.6. The molecule has 2 bridgehead atoms. The highest BCUT2D eigenvalue weighted by Gasteiger charge is 2.45. The van der Waals surface area contributed by atoms with Crippen LogP contribution in [0.5, 0.6) is 11.8 Å². The monoisotopic (exact) mass is 671 g/mol. The first-order valence-corrected chi connectivity index (χ1v) is 17.9. The number of aromatic hydroxyl groups is 1. The van der Waals surface area contributed by atoms with E-state index in [4.69, 9.17) is 21.1 Å². The van der Waals surface area contributed by atoms with Gasteiger partial charge in [-0.1, -0.05) is 31.9 Å². The molecule has 5 heterocycles. The molecule has 3 aliphatic heterocycles. The lowest BCUT2D eigenvalue weighted by atomic mass is 9.86. The van der Waals surface area contributed by atoms with E-state index >= 15 is 4.39 Å². The third kappa shape index (κ3) is 5.44. The first kappa shape index (κ1) is 31.3. The summed E-state index contributed by atoms with van der Waals surface area (Å²) in [7, 11) is 0. The molecule has 50 heavy (non-hydrogen) atoms. The van der Waals surface area contributed by atoms with Gasteiger partial charge in [-0.25, -0.2) is 9.37 Å². The lowest BCUT2D eigenvalue weighted by molar-refractivity contribution is 0.132. The maximum absolute atomic E-state index is 17.5. The predicted molar refractivity (Wildman–Crippen MR) is 193 cm³/mol. The van der Waals surface area contributed by atoms with Gasteiger partial charge in [-0.3, -0.25) is 4.90 Å². The van der Waals surface area contributed by atoms with Gasteiger partial charge >= 0.3 is 6.01 Å². The van der Waals surface area contributed by atoms with Gasteiger partial charge in [0.2, 0.25) is 0 Å². The normalized spacial score (nSPS) is 21.1. The number of ether oxygens (including phenoxy) is 1. The summed E-state index contributed by atoms with van der Waals surface area (Å²) in [5.74, 6) is 4.15. The van der Waals surface area contributed by atoms with Crippen molar-refractivity contribution >= 4 is 27.5 Å². The standard InChI is InChI=1S/C40H42FN7O2/c1-4-25-6-5-7-26-16-29(49)17-31(34(25)26)35-30(24(2)3)18-32-37(36(35)41)44-39(45-38(32)48-19-27-8-9-28(20-48)43-27)50-23-40(10-11-40)22-46-14-15-47-13-12-42-33(47)21-46/h1,5-7,12-13,16-18,24,27-28,43,49H,8-11,14-15,19-23H2,2-3H3. The fourth-order valence-corrected chi connectivity index (χ4v) is 8.52. The summed E-state index contributed by atoms with van der Waals surface area (Å²) in [4.78, 5) is 19.2. The van der Waals surface area contributed by atoms with E-state index in [2.05, 4.69) is 50.5 Å². The molecule has 2 saturated heterocycles. The summed E-state index contributed by atoms with van der Waals surface area (Å²) in [6.07, 6.45) is 14.3. The molecule has 1 aliphatic carbocycles. The van der Waals surface area contributed by atoms with E-state index in [0.29, 0.717) is 46.6 Å². The fraction of sp³-hybridized carbons (Fsp3) is 0.425. The van der Waals surface area contributed by atoms with E-state index in [1.54, 1.807) is 12.1 Å². The molecule has 2 N–H and O–H groups in total. The number of phenolic OH excluding ortho intramolecular Hbond substituents is 1. The van der Waals surface area contributed by atoms with Gasteiger partial charge in [0.1, 0.15) is 22.9 Å². The Morgan fingerprint density at radius 2 is 1.94 bits per heavy atom. The van der Waals surface area contributed by atoms with E-state index in [0.717, 1.165) is 87.1 Å². The Morgan fingerprint density at radius 1 is 1.12 bits per heavy atom. The topological polar surface area (TPSA) is 91.6 Å². The van der Waals surface area contributed by atoms with Crippen LogP contribution in [0.15, 0.2) is 48.8 Å². The number of hydrogen-bond donors (Lipinski definition) is 2. The molecule has 10 heteroatoms. The molecule has 4 aliphatic rings. The van der Waals surface area contributed by atoms with Crippen LogP contribution in [0.1, 0.15) is 62.4 Å². The van der Waals surface area contributed by atoms with Gasteiger partial charge in [0.25, 0.3) is 0 Å². The number of rotatable bonds is 8. The van der Waals surface area contributed by atoms with Crippen LogP contribution >= 0.6 is 0 Å². The highest BCUT2D eigenvalue weighted by molar-refractivity contribution is 6.05. The summed E-state index contributed by atoms with van der Waals surface area (Å²) in [5, 5.41) is 16.7. The Morgan fingerprint density at radius 3 is 2.70 bits per heavy atom. The Kier molecular flexibility index (Phi) is 7.48. The van der Waals surface area contributed by atoms with Crippen molar-refractivity contribution in [2.75, 3.05) is 37.7 Å². The Bertz CT molecular complexity index is 2170. The Balaban J connectivity index is 1.15. The number of piperazine rings is 1. The van der Waals surface area contributed by atoms with Crippen molar-refractivity contribution in [2.45, 2.75) is 70.6 Å². The maximum Gasteiger partial charge on any atom is 0.319 e. The molecule has 5 aromatic rings. The van der Waals surface area contributed by atoms with Crippen molar-refractivity contribution in [3.63, 3.8) is 0 Å². The number of benzene rings is 3. The molecule has 9 rings (SSSR count). The second-order valence-corrected chi connectivity index (χ2v) is 15.2. The van der Waals surface area contributed by atoms with Crippen molar-refractivity contribution in [1.82, 2.24) is 29.7 Å². The summed E-state index contributed by atoms with van der Waals surface area (Å²) in [6.45, 7) is 9.83. The third-order valence-corrected chi connectivity index (χ3v) is 11.3. The van der Waals surface area contributed by atoms with Crippen molar-refractivity contribution in [1.29, 1.82) is 0 Å². The first-order valence-electron chi connectivity index (χ1n) is 17.9. The zero-order valence-corrected chi connectivity index (χ0v) is 28.6. The van der Waals surface area contributed by atoms with Gasteiger partial charge in [-0.2, -0.15) is 9.97 Å². The molecule has 2 unspecified atom stereocenters. The van der Waals surface area contributed by atoms with Crippen molar-refractivity contribution in [3.8, 4) is 35.2 Å². The van der Waals surface area contributed by atoms with E-state index in [1.165, 1.54) is 0 Å². The molecule has 0 amide bonds. The molecule has 3 fully saturated rings. The molecule has 0 radical (unpaired) electrons. The maximum atomic E-state index is 17.5. The number of anilines is 1. The van der Waals surface area contributed by atoms with Gasteiger partial charge in [0.05, 0.1) is 13.2 Å². The smallest absolute Gasteiger partial charge is 0.319 e. The minimum absolute atomic E-state index is 0.0126. The Labute approximate surface area is 291 Å². The number of hydrogen-bond acceptors (Lipinski definition) is 8. The molecule has 0 spiro atoms. The average Bonchev–Trinajstić information content (AvgIpc) is 3.56. The predicted octanol–water partition coefficient (Wildman–Crippen LogP) is 6.21. The fourth-order valence-electron chi connectivity index (χ4n) is 8.52. The van der Waals surface area contributed by atoms with Crippen molar-refractivity contribution in [3.05, 3.63) is 71.6 Å². The molecule has 1 saturated carbocycles. The van der Waals surface area contributed by atoms with Gasteiger partial charge in [0, 0.05) is 84.5 Å². The molecular formula is C40H42FN7O2. The van der Waals surface area contributed by atoms with E-state index in [-0.39, 0.29) is 28.6 Å². The number of nitrogens with one attached hydrogen (secondary N) is 1. The van der Waals surface area contributed by atoms with Crippen LogP contribution in [0.4, 0.5) is 10.2 Å². The summed E-state index contributed by atoms with van der Waals surface area (Å²) >= 11 is 0. The van der Waals surface area contributed by atoms with E-state index < -0.39 is 5.82 Å². The van der Waals surface area contributed by atoms with E-state index in [1.807, 2.05) is 30.6 Å². The van der Waals surface area contributed by atoms with Gasteiger partial charge in [-0.05, 0) is 72.4 Å². The highest BCUT2D eigenvalue weighted by Crippen LogP contribution is 2.48. The van der Waals surface area contributed by atoms with Gasteiger partial charge < -0.3 is 24.6 Å². The van der Waals surface area contributed by atoms with Crippen molar-refractivity contribution < 1.29 is 14.2 Å². The summed E-state index contributed by atoms with van der Waals surface area (Å²) in [6, 6.07) is 11.9. The third-order valence-electron chi connectivity index (χ3n) is 11.3. The van der Waals surface area contributed by atoms with Gasteiger partial charge in [0.15, 0.2) is 5.82 Å². The average molecular weight is 672 g/mol. The van der Waals surface area contributed by atoms with Gasteiger partial charge in [-0.15, -0.1) is 6.42 Å². The number of halogens is 1. The van der Waals surface area contributed by atoms with Crippen LogP contribution in [0.3, 0.4) is 0 Å². The number of terminal acetylenes is 1. The molecular weight excluding hydrogens is 629 g/mol. The Hall–Kier alpha value is -4.72. The highest BCUT2D eigenvalue weighted by atomic mass is 19.1. The number of imidazole rings is 1. The second kappa shape index (κ2) is 12.0. The molecule has 2 atom stereocenters. The van der Waals surface area contributed by atoms with Crippen molar-refractivity contribution in [2.24, 2.45) is 5.41 Å². The van der Waals surface area contributed by atoms with Crippen LogP contribution in [0.2, 0.25) is 0 Å². The molecule has 2 aromatic heterocycles.